The van der Waals surface area contributed by atoms with Gasteiger partial charge in [-0.2, -0.15) is 0 Å². The summed E-state index contributed by atoms with van der Waals surface area (Å²) < 4.78 is 13.1. The molecule has 3 aromatic rings. The molecule has 2 aromatic carbocycles. The van der Waals surface area contributed by atoms with Crippen LogP contribution in [0.25, 0.3) is 22.4 Å². The van der Waals surface area contributed by atoms with Gasteiger partial charge in [-0.05, 0) is 42.5 Å². The number of nitrogens with zero attached hydrogens (tertiary/aromatic N) is 1. The van der Waals surface area contributed by atoms with E-state index in [2.05, 4.69) is 15.3 Å². The molecule has 90 valence electrons. The number of imidazole rings is 1. The van der Waals surface area contributed by atoms with Crippen molar-refractivity contribution in [3.8, 4) is 11.4 Å². The van der Waals surface area contributed by atoms with E-state index in [4.69, 9.17) is 0 Å². The Morgan fingerprint density at radius 1 is 1.11 bits per heavy atom. The third kappa shape index (κ3) is 1.82. The molecule has 3 rings (SSSR count). The SMILES string of the molecule is CNc1ccc(-c2nc3ccc(F)cc3[nH]2)cc1. The van der Waals surface area contributed by atoms with Crippen molar-refractivity contribution in [1.29, 1.82) is 0 Å². The smallest absolute Gasteiger partial charge is 0.138 e. The average Bonchev–Trinajstić information content (AvgIpc) is 2.81. The summed E-state index contributed by atoms with van der Waals surface area (Å²) in [7, 11) is 1.87. The number of H-pyrrole nitrogens is 1. The maximum Gasteiger partial charge on any atom is 0.138 e. The van der Waals surface area contributed by atoms with Gasteiger partial charge in [-0.25, -0.2) is 9.37 Å². The second-order valence-electron chi connectivity index (χ2n) is 4.07. The lowest BCUT2D eigenvalue weighted by atomic mass is 10.2. The molecule has 0 aliphatic carbocycles. The standard InChI is InChI=1S/C14H12FN3/c1-16-11-5-2-9(3-6-11)14-17-12-7-4-10(15)8-13(12)18-14/h2-8,16H,1H3,(H,17,18). The van der Waals surface area contributed by atoms with Crippen LogP contribution in [-0.4, -0.2) is 17.0 Å². The predicted octanol–water partition coefficient (Wildman–Crippen LogP) is 3.41. The first-order valence-electron chi connectivity index (χ1n) is 5.70. The molecule has 18 heavy (non-hydrogen) atoms. The zero-order chi connectivity index (χ0) is 12.5. The van der Waals surface area contributed by atoms with E-state index >= 15 is 0 Å². The molecule has 2 N–H and O–H groups in total. The predicted molar refractivity (Wildman–Crippen MR) is 71.0 cm³/mol. The summed E-state index contributed by atoms with van der Waals surface area (Å²) in [6.07, 6.45) is 0. The number of aromatic nitrogens is 2. The molecule has 1 aromatic heterocycles. The van der Waals surface area contributed by atoms with Crippen LogP contribution in [-0.2, 0) is 0 Å². The maximum atomic E-state index is 13.1. The third-order valence-corrected chi connectivity index (χ3v) is 2.89. The van der Waals surface area contributed by atoms with Crippen LogP contribution >= 0.6 is 0 Å². The van der Waals surface area contributed by atoms with Crippen molar-refractivity contribution in [2.75, 3.05) is 12.4 Å². The number of fused-ring (bicyclic) bond motifs is 1. The van der Waals surface area contributed by atoms with Gasteiger partial charge < -0.3 is 10.3 Å². The van der Waals surface area contributed by atoms with Crippen LogP contribution < -0.4 is 5.32 Å². The van der Waals surface area contributed by atoms with Crippen molar-refractivity contribution < 1.29 is 4.39 Å². The maximum absolute atomic E-state index is 13.1. The summed E-state index contributed by atoms with van der Waals surface area (Å²) >= 11 is 0. The molecule has 0 unspecified atom stereocenters. The van der Waals surface area contributed by atoms with Gasteiger partial charge in [-0.1, -0.05) is 0 Å². The van der Waals surface area contributed by atoms with E-state index in [0.29, 0.717) is 5.52 Å². The third-order valence-electron chi connectivity index (χ3n) is 2.89. The van der Waals surface area contributed by atoms with E-state index in [0.717, 1.165) is 22.6 Å². The van der Waals surface area contributed by atoms with E-state index < -0.39 is 0 Å². The first-order valence-corrected chi connectivity index (χ1v) is 5.70. The number of hydrogen-bond donors (Lipinski definition) is 2. The van der Waals surface area contributed by atoms with Gasteiger partial charge >= 0.3 is 0 Å². The monoisotopic (exact) mass is 241 g/mol. The highest BCUT2D eigenvalue weighted by atomic mass is 19.1. The zero-order valence-corrected chi connectivity index (χ0v) is 9.87. The summed E-state index contributed by atoms with van der Waals surface area (Å²) in [5.41, 5.74) is 3.50. The van der Waals surface area contributed by atoms with Crippen LogP contribution in [0, 0.1) is 5.82 Å². The van der Waals surface area contributed by atoms with Crippen LogP contribution in [0.1, 0.15) is 0 Å². The zero-order valence-electron chi connectivity index (χ0n) is 9.87. The summed E-state index contributed by atoms with van der Waals surface area (Å²) in [5.74, 6) is 0.487. The Bertz CT molecular complexity index is 686. The molecular weight excluding hydrogens is 229 g/mol. The highest BCUT2D eigenvalue weighted by Crippen LogP contribution is 2.22. The number of hydrogen-bond acceptors (Lipinski definition) is 2. The molecule has 3 nitrogen and oxygen atoms in total. The molecule has 0 atom stereocenters. The van der Waals surface area contributed by atoms with Crippen molar-refractivity contribution in [2.45, 2.75) is 0 Å². The fourth-order valence-electron chi connectivity index (χ4n) is 1.91. The lowest BCUT2D eigenvalue weighted by molar-refractivity contribution is 0.629. The van der Waals surface area contributed by atoms with Gasteiger partial charge in [-0.15, -0.1) is 0 Å². The van der Waals surface area contributed by atoms with E-state index in [1.54, 1.807) is 6.07 Å². The fraction of sp³-hybridized carbons (Fsp3) is 0.0714. The van der Waals surface area contributed by atoms with E-state index in [1.807, 2.05) is 31.3 Å². The van der Waals surface area contributed by atoms with Gasteiger partial charge in [0.15, 0.2) is 0 Å². The van der Waals surface area contributed by atoms with Crippen molar-refractivity contribution in [1.82, 2.24) is 9.97 Å². The molecule has 4 heteroatoms. The van der Waals surface area contributed by atoms with E-state index in [9.17, 15) is 4.39 Å². The Labute approximate surface area is 104 Å². The molecule has 0 aliphatic heterocycles. The molecule has 0 bridgehead atoms. The summed E-state index contributed by atoms with van der Waals surface area (Å²) in [6.45, 7) is 0. The average molecular weight is 241 g/mol. The minimum atomic E-state index is -0.261. The molecular formula is C14H12FN3. The van der Waals surface area contributed by atoms with Crippen molar-refractivity contribution in [3.63, 3.8) is 0 Å². The van der Waals surface area contributed by atoms with Gasteiger partial charge in [-0.3, -0.25) is 0 Å². The number of rotatable bonds is 2. The Kier molecular flexibility index (Phi) is 2.48. The number of halogens is 1. The van der Waals surface area contributed by atoms with Crippen LogP contribution in [0.5, 0.6) is 0 Å². The number of benzene rings is 2. The van der Waals surface area contributed by atoms with Gasteiger partial charge in [0.25, 0.3) is 0 Å². The minimum absolute atomic E-state index is 0.261. The van der Waals surface area contributed by atoms with Gasteiger partial charge in [0.2, 0.25) is 0 Å². The second kappa shape index (κ2) is 4.14. The normalized spacial score (nSPS) is 10.8. The fourth-order valence-corrected chi connectivity index (χ4v) is 1.91. The van der Waals surface area contributed by atoms with Gasteiger partial charge in [0, 0.05) is 18.3 Å². The highest BCUT2D eigenvalue weighted by molar-refractivity contribution is 5.79. The second-order valence-corrected chi connectivity index (χ2v) is 4.07. The molecule has 0 amide bonds. The Hall–Kier alpha value is -2.36. The van der Waals surface area contributed by atoms with Crippen molar-refractivity contribution >= 4 is 16.7 Å². The largest absolute Gasteiger partial charge is 0.388 e. The Balaban J connectivity index is 2.07. The first-order chi connectivity index (χ1) is 8.76. The lowest BCUT2D eigenvalue weighted by Crippen LogP contribution is -1.87. The Morgan fingerprint density at radius 3 is 2.61 bits per heavy atom. The molecule has 0 saturated heterocycles. The van der Waals surface area contributed by atoms with Crippen LogP contribution in [0.3, 0.4) is 0 Å². The molecule has 0 aliphatic rings. The van der Waals surface area contributed by atoms with Crippen molar-refractivity contribution in [2.24, 2.45) is 0 Å². The first kappa shape index (κ1) is 10.8. The number of nitrogens with one attached hydrogen (secondary N) is 2. The molecule has 0 saturated carbocycles. The lowest BCUT2D eigenvalue weighted by Gasteiger charge is -2.00. The van der Waals surface area contributed by atoms with Gasteiger partial charge in [0.05, 0.1) is 11.0 Å². The van der Waals surface area contributed by atoms with E-state index in [1.165, 1.54) is 12.1 Å². The summed E-state index contributed by atoms with van der Waals surface area (Å²) in [4.78, 5) is 7.56. The van der Waals surface area contributed by atoms with Gasteiger partial charge in [0.1, 0.15) is 11.6 Å². The summed E-state index contributed by atoms with van der Waals surface area (Å²) in [5, 5.41) is 3.06. The Morgan fingerprint density at radius 2 is 1.89 bits per heavy atom. The number of anilines is 1. The minimum Gasteiger partial charge on any atom is -0.388 e. The molecule has 0 spiro atoms. The molecule has 0 fully saturated rings. The highest BCUT2D eigenvalue weighted by Gasteiger charge is 2.05. The number of aromatic amines is 1. The summed E-state index contributed by atoms with van der Waals surface area (Å²) in [6, 6.07) is 12.4. The van der Waals surface area contributed by atoms with Crippen LogP contribution in [0.2, 0.25) is 0 Å². The topological polar surface area (TPSA) is 40.7 Å². The van der Waals surface area contributed by atoms with E-state index in [-0.39, 0.29) is 5.82 Å². The van der Waals surface area contributed by atoms with Crippen LogP contribution in [0.4, 0.5) is 10.1 Å². The quantitative estimate of drug-likeness (QED) is 0.721. The molecule has 1 heterocycles. The molecule has 0 radical (unpaired) electrons. The van der Waals surface area contributed by atoms with Crippen LogP contribution in [0.15, 0.2) is 42.5 Å². The van der Waals surface area contributed by atoms with Crippen molar-refractivity contribution in [3.05, 3.63) is 48.3 Å².